The Morgan fingerprint density at radius 1 is 1.12 bits per heavy atom. The summed E-state index contributed by atoms with van der Waals surface area (Å²) in [4.78, 5) is 35.4. The van der Waals surface area contributed by atoms with E-state index in [0.717, 1.165) is 27.6 Å². The maximum atomic E-state index is 13.4. The quantitative estimate of drug-likeness (QED) is 0.364. The number of benzene rings is 2. The zero-order valence-electron chi connectivity index (χ0n) is 19.1. The third kappa shape index (κ3) is 5.14. The van der Waals surface area contributed by atoms with Crippen molar-refractivity contribution >= 4 is 39.2 Å². The van der Waals surface area contributed by atoms with Gasteiger partial charge in [-0.1, -0.05) is 53.3 Å². The number of aryl methyl sites for hydroxylation is 2. The summed E-state index contributed by atoms with van der Waals surface area (Å²) in [6.07, 6.45) is 4.41. The van der Waals surface area contributed by atoms with Crippen molar-refractivity contribution in [2.75, 3.05) is 18.1 Å². The summed E-state index contributed by atoms with van der Waals surface area (Å²) in [5, 5.41) is 1.65. The predicted molar refractivity (Wildman–Crippen MR) is 132 cm³/mol. The van der Waals surface area contributed by atoms with Crippen LogP contribution in [0, 0.1) is 13.8 Å². The average molecular weight is 462 g/mol. The number of carbonyl (C=O) groups excluding carboxylic acids is 2. The number of amides is 1. The van der Waals surface area contributed by atoms with Gasteiger partial charge in [-0.05, 0) is 49.9 Å². The van der Waals surface area contributed by atoms with Gasteiger partial charge in [0.2, 0.25) is 5.91 Å². The van der Waals surface area contributed by atoms with Crippen molar-refractivity contribution in [2.24, 2.45) is 0 Å². The number of ether oxygens (including phenoxy) is 1. The van der Waals surface area contributed by atoms with Crippen molar-refractivity contribution in [3.05, 3.63) is 82.0 Å². The minimum atomic E-state index is -0.417. The van der Waals surface area contributed by atoms with Crippen LogP contribution in [0.15, 0.2) is 54.9 Å². The summed E-state index contributed by atoms with van der Waals surface area (Å²) in [7, 11) is 0. The molecule has 2 aromatic carbocycles. The SMILES string of the molecule is CCOC(=O)c1cnc(N(CCc2c[nH]c3ccccc23)C(=O)Cc2ccc(C)cc2C)s1. The molecule has 0 aliphatic rings. The standard InChI is InChI=1S/C26H27N3O3S/c1-4-32-25(31)23-16-28-26(33-23)29(24(30)14-19-10-9-17(2)13-18(19)3)12-11-20-15-27-22-8-6-5-7-21(20)22/h5-10,13,15-16,27H,4,11-12,14H2,1-3H3. The Balaban J connectivity index is 1.59. The highest BCUT2D eigenvalue weighted by Crippen LogP contribution is 2.26. The maximum absolute atomic E-state index is 13.4. The van der Waals surface area contributed by atoms with E-state index in [9.17, 15) is 9.59 Å². The Morgan fingerprint density at radius 2 is 1.94 bits per heavy atom. The summed E-state index contributed by atoms with van der Waals surface area (Å²) in [5.41, 5.74) is 5.45. The molecule has 0 radical (unpaired) electrons. The number of carbonyl (C=O) groups is 2. The molecule has 1 amide bonds. The van der Waals surface area contributed by atoms with Crippen LogP contribution in [0.2, 0.25) is 0 Å². The largest absolute Gasteiger partial charge is 0.462 e. The smallest absolute Gasteiger partial charge is 0.350 e. The highest BCUT2D eigenvalue weighted by molar-refractivity contribution is 7.17. The molecule has 0 unspecified atom stereocenters. The van der Waals surface area contributed by atoms with Crippen molar-refractivity contribution in [1.82, 2.24) is 9.97 Å². The third-order valence-corrected chi connectivity index (χ3v) is 6.62. The van der Waals surface area contributed by atoms with Crippen LogP contribution in [0.4, 0.5) is 5.13 Å². The van der Waals surface area contributed by atoms with Crippen molar-refractivity contribution < 1.29 is 14.3 Å². The highest BCUT2D eigenvalue weighted by Gasteiger charge is 2.22. The fourth-order valence-corrected chi connectivity index (χ4v) is 4.74. The van der Waals surface area contributed by atoms with Crippen LogP contribution < -0.4 is 4.90 Å². The van der Waals surface area contributed by atoms with Gasteiger partial charge < -0.3 is 9.72 Å². The fraction of sp³-hybridized carbons (Fsp3) is 0.269. The van der Waals surface area contributed by atoms with Gasteiger partial charge in [0, 0.05) is 23.6 Å². The Morgan fingerprint density at radius 3 is 2.73 bits per heavy atom. The first-order valence-electron chi connectivity index (χ1n) is 11.0. The first kappa shape index (κ1) is 22.7. The molecule has 0 bridgehead atoms. The number of anilines is 1. The number of rotatable bonds is 8. The average Bonchev–Trinajstić information content (AvgIpc) is 3.44. The van der Waals surface area contributed by atoms with E-state index in [-0.39, 0.29) is 12.3 Å². The molecule has 170 valence electrons. The van der Waals surface area contributed by atoms with Crippen LogP contribution in [0.3, 0.4) is 0 Å². The summed E-state index contributed by atoms with van der Waals surface area (Å²) in [6.45, 7) is 6.58. The molecule has 1 N–H and O–H groups in total. The molecule has 2 heterocycles. The molecule has 0 atom stereocenters. The number of nitrogens with zero attached hydrogens (tertiary/aromatic N) is 2. The summed E-state index contributed by atoms with van der Waals surface area (Å²) < 4.78 is 5.10. The Hall–Kier alpha value is -3.45. The highest BCUT2D eigenvalue weighted by atomic mass is 32.1. The van der Waals surface area contributed by atoms with Crippen molar-refractivity contribution in [1.29, 1.82) is 0 Å². The fourth-order valence-electron chi connectivity index (χ4n) is 3.89. The number of esters is 1. The molecule has 0 saturated heterocycles. The van der Waals surface area contributed by atoms with Crippen molar-refractivity contribution in [2.45, 2.75) is 33.6 Å². The monoisotopic (exact) mass is 461 g/mol. The topological polar surface area (TPSA) is 75.3 Å². The van der Waals surface area contributed by atoms with Gasteiger partial charge in [-0.3, -0.25) is 9.69 Å². The summed E-state index contributed by atoms with van der Waals surface area (Å²) >= 11 is 1.19. The molecule has 0 saturated carbocycles. The molecule has 0 spiro atoms. The molecule has 6 nitrogen and oxygen atoms in total. The Labute approximate surface area is 197 Å². The van der Waals surface area contributed by atoms with Crippen LogP contribution >= 0.6 is 11.3 Å². The van der Waals surface area contributed by atoms with E-state index >= 15 is 0 Å². The first-order chi connectivity index (χ1) is 16.0. The zero-order chi connectivity index (χ0) is 23.4. The number of hydrogen-bond donors (Lipinski definition) is 1. The third-order valence-electron chi connectivity index (χ3n) is 5.62. The number of aromatic amines is 1. The van der Waals surface area contributed by atoms with E-state index < -0.39 is 5.97 Å². The van der Waals surface area contributed by atoms with Crippen molar-refractivity contribution in [3.63, 3.8) is 0 Å². The van der Waals surface area contributed by atoms with Gasteiger partial charge >= 0.3 is 5.97 Å². The van der Waals surface area contributed by atoms with Gasteiger partial charge in [-0.2, -0.15) is 0 Å². The zero-order valence-corrected chi connectivity index (χ0v) is 19.9. The number of para-hydroxylation sites is 1. The Bertz CT molecular complexity index is 1290. The minimum absolute atomic E-state index is 0.0495. The van der Waals surface area contributed by atoms with E-state index in [1.165, 1.54) is 23.1 Å². The number of hydrogen-bond acceptors (Lipinski definition) is 5. The lowest BCUT2D eigenvalue weighted by molar-refractivity contribution is -0.118. The minimum Gasteiger partial charge on any atom is -0.462 e. The number of nitrogens with one attached hydrogen (secondary N) is 1. The van der Waals surface area contributed by atoms with Crippen molar-refractivity contribution in [3.8, 4) is 0 Å². The molecular weight excluding hydrogens is 434 g/mol. The van der Waals surface area contributed by atoms with Crippen LogP contribution in [-0.4, -0.2) is 35.0 Å². The molecule has 0 aliphatic heterocycles. The number of H-pyrrole nitrogens is 1. The molecule has 7 heteroatoms. The van der Waals surface area contributed by atoms with Crippen LogP contribution in [0.25, 0.3) is 10.9 Å². The van der Waals surface area contributed by atoms with E-state index in [1.807, 2.05) is 50.4 Å². The van der Waals surface area contributed by atoms with Gasteiger partial charge in [0.05, 0.1) is 19.2 Å². The van der Waals surface area contributed by atoms with E-state index in [0.29, 0.717) is 29.6 Å². The van der Waals surface area contributed by atoms with Gasteiger partial charge in [0.25, 0.3) is 0 Å². The second-order valence-electron chi connectivity index (χ2n) is 7.99. The molecule has 0 aliphatic carbocycles. The normalized spacial score (nSPS) is 11.0. The number of thiazole rings is 1. The first-order valence-corrected chi connectivity index (χ1v) is 11.8. The molecule has 0 fully saturated rings. The van der Waals surface area contributed by atoms with E-state index in [4.69, 9.17) is 4.74 Å². The second-order valence-corrected chi connectivity index (χ2v) is 9.00. The predicted octanol–water partition coefficient (Wildman–Crippen LogP) is 5.24. The van der Waals surface area contributed by atoms with Gasteiger partial charge in [-0.15, -0.1) is 0 Å². The van der Waals surface area contributed by atoms with Gasteiger partial charge in [-0.25, -0.2) is 9.78 Å². The lowest BCUT2D eigenvalue weighted by Crippen LogP contribution is -2.34. The molecule has 4 aromatic rings. The number of aromatic nitrogens is 2. The summed E-state index contributed by atoms with van der Waals surface area (Å²) in [6, 6.07) is 14.2. The van der Waals surface area contributed by atoms with E-state index in [1.54, 1.807) is 11.8 Å². The molecule has 4 rings (SSSR count). The lowest BCUT2D eigenvalue weighted by Gasteiger charge is -2.20. The van der Waals surface area contributed by atoms with Gasteiger partial charge in [0.15, 0.2) is 5.13 Å². The van der Waals surface area contributed by atoms with Gasteiger partial charge in [0.1, 0.15) is 4.88 Å². The van der Waals surface area contributed by atoms with Crippen LogP contribution in [0.5, 0.6) is 0 Å². The Kier molecular flexibility index (Phi) is 6.89. The molecule has 2 aromatic heterocycles. The maximum Gasteiger partial charge on any atom is 0.350 e. The second kappa shape index (κ2) is 10.0. The number of fused-ring (bicyclic) bond motifs is 1. The summed E-state index contributed by atoms with van der Waals surface area (Å²) in [5.74, 6) is -0.466. The molecule has 33 heavy (non-hydrogen) atoms. The van der Waals surface area contributed by atoms with Crippen LogP contribution in [0.1, 0.15) is 38.8 Å². The van der Waals surface area contributed by atoms with E-state index in [2.05, 4.69) is 22.1 Å². The van der Waals surface area contributed by atoms with Crippen LogP contribution in [-0.2, 0) is 22.4 Å². The molecular formula is C26H27N3O3S. The lowest BCUT2D eigenvalue weighted by atomic mass is 10.0.